The molecule has 0 N–H and O–H groups in total. The quantitative estimate of drug-likeness (QED) is 0.549. The average Bonchev–Trinajstić information content (AvgIpc) is 2.69. The zero-order valence-electron chi connectivity index (χ0n) is 13.0. The summed E-state index contributed by atoms with van der Waals surface area (Å²) in [6.45, 7) is 1.18. The van der Waals surface area contributed by atoms with E-state index in [9.17, 15) is 5.21 Å². The van der Waals surface area contributed by atoms with Gasteiger partial charge < -0.3 is 10.1 Å². The second-order valence-corrected chi connectivity index (χ2v) is 5.76. The van der Waals surface area contributed by atoms with Crippen LogP contribution in [0.4, 0.5) is 0 Å². The summed E-state index contributed by atoms with van der Waals surface area (Å²) in [6.07, 6.45) is 0. The van der Waals surface area contributed by atoms with Gasteiger partial charge >= 0.3 is 0 Å². The first-order valence-corrected chi connectivity index (χ1v) is 7.50. The van der Waals surface area contributed by atoms with Crippen LogP contribution in [0.1, 0.15) is 0 Å². The van der Waals surface area contributed by atoms with Gasteiger partial charge in [-0.3, -0.25) is 0 Å². The summed E-state index contributed by atoms with van der Waals surface area (Å²) in [7, 11) is 3.96. The van der Waals surface area contributed by atoms with E-state index in [1.165, 1.54) is 0 Å². The van der Waals surface area contributed by atoms with Crippen molar-refractivity contribution in [3.05, 3.63) is 71.2 Å². The van der Waals surface area contributed by atoms with Crippen molar-refractivity contribution in [1.29, 1.82) is 0 Å². The van der Waals surface area contributed by atoms with Crippen LogP contribution in [0.2, 0.25) is 0 Å². The molecule has 0 fully saturated rings. The standard InChI is InChI=1S/C19H20N2O/c1-20(2)13-14-21(22)19-17-9-5-3-7-15(17)11-12-16-8-4-6-10-18(16)19/h3-12H,13-14H2,1-2H3. The third kappa shape index (κ3) is 2.81. The first-order chi connectivity index (χ1) is 10.7. The highest BCUT2D eigenvalue weighted by Crippen LogP contribution is 2.14. The van der Waals surface area contributed by atoms with Crippen LogP contribution < -0.4 is 10.1 Å². The van der Waals surface area contributed by atoms with Crippen molar-refractivity contribution in [2.45, 2.75) is 0 Å². The van der Waals surface area contributed by atoms with Crippen LogP contribution in [-0.4, -0.2) is 32.1 Å². The molecule has 0 bridgehead atoms. The summed E-state index contributed by atoms with van der Waals surface area (Å²) >= 11 is 0. The molecule has 0 atom stereocenters. The number of nitrogens with zero attached hydrogens (tertiary/aromatic N) is 2. The van der Waals surface area contributed by atoms with Gasteiger partial charge in [-0.25, -0.2) is 4.74 Å². The predicted octanol–water partition coefficient (Wildman–Crippen LogP) is 2.82. The van der Waals surface area contributed by atoms with E-state index in [0.717, 1.165) is 38.2 Å². The van der Waals surface area contributed by atoms with Crippen molar-refractivity contribution in [2.24, 2.45) is 0 Å². The Bertz CT molecular complexity index is 823. The average molecular weight is 292 g/mol. The molecule has 0 saturated heterocycles. The summed E-state index contributed by atoms with van der Waals surface area (Å²) in [5, 5.41) is 17.7. The molecule has 0 aliphatic carbocycles. The summed E-state index contributed by atoms with van der Waals surface area (Å²) < 4.78 is 1.13. The lowest BCUT2D eigenvalue weighted by atomic mass is 10.1. The van der Waals surface area contributed by atoms with E-state index in [2.05, 4.69) is 24.3 Å². The third-order valence-corrected chi connectivity index (χ3v) is 3.87. The zero-order valence-corrected chi connectivity index (χ0v) is 13.0. The number of rotatable bonds is 3. The van der Waals surface area contributed by atoms with Crippen molar-refractivity contribution >= 4 is 21.5 Å². The van der Waals surface area contributed by atoms with Crippen LogP contribution >= 0.6 is 0 Å². The first-order valence-electron chi connectivity index (χ1n) is 7.50. The van der Waals surface area contributed by atoms with Gasteiger partial charge in [0.05, 0.1) is 17.3 Å². The molecule has 112 valence electrons. The molecule has 3 aromatic carbocycles. The van der Waals surface area contributed by atoms with Crippen LogP contribution in [0.5, 0.6) is 0 Å². The Morgan fingerprint density at radius 2 is 1.32 bits per heavy atom. The first kappa shape index (κ1) is 14.5. The van der Waals surface area contributed by atoms with Crippen molar-refractivity contribution < 1.29 is 0 Å². The molecule has 0 unspecified atom stereocenters. The van der Waals surface area contributed by atoms with E-state index in [1.807, 2.05) is 55.4 Å². The van der Waals surface area contributed by atoms with E-state index >= 15 is 0 Å². The molecule has 0 amide bonds. The highest BCUT2D eigenvalue weighted by atomic mass is 16.5. The molecule has 0 aliphatic rings. The van der Waals surface area contributed by atoms with Gasteiger partial charge in [0.1, 0.15) is 0 Å². The number of benzene rings is 2. The number of fused-ring (bicyclic) bond motifs is 2. The van der Waals surface area contributed by atoms with Crippen LogP contribution in [0.3, 0.4) is 0 Å². The minimum Gasteiger partial charge on any atom is -0.623 e. The topological polar surface area (TPSA) is 29.3 Å². The van der Waals surface area contributed by atoms with E-state index in [-0.39, 0.29) is 0 Å². The number of hydrogen-bond donors (Lipinski definition) is 0. The SMILES string of the molecule is CN(C)CC[N+]([O-])=c1c2ccccc2ccc2ccccc12. The Balaban J connectivity index is 2.44. The van der Waals surface area contributed by atoms with Gasteiger partial charge in [0.2, 0.25) is 5.36 Å². The molecule has 0 saturated carbocycles. The van der Waals surface area contributed by atoms with Gasteiger partial charge in [0.25, 0.3) is 0 Å². The molecule has 3 aromatic rings. The lowest BCUT2D eigenvalue weighted by Crippen LogP contribution is -2.31. The number of hydrogen-bond acceptors (Lipinski definition) is 2. The molecule has 3 nitrogen and oxygen atoms in total. The predicted molar refractivity (Wildman–Crippen MR) is 93.5 cm³/mol. The molecular weight excluding hydrogens is 272 g/mol. The second kappa shape index (κ2) is 6.16. The highest BCUT2D eigenvalue weighted by Gasteiger charge is 2.07. The van der Waals surface area contributed by atoms with E-state index in [0.29, 0.717) is 6.54 Å². The molecule has 0 aromatic heterocycles. The van der Waals surface area contributed by atoms with Crippen LogP contribution in [-0.2, 0) is 0 Å². The fourth-order valence-electron chi connectivity index (χ4n) is 2.71. The van der Waals surface area contributed by atoms with Gasteiger partial charge in [-0.05, 0) is 37.0 Å². The lowest BCUT2D eigenvalue weighted by molar-refractivity contribution is 0.400. The molecular formula is C19H20N2O. The smallest absolute Gasteiger partial charge is 0.226 e. The van der Waals surface area contributed by atoms with E-state index < -0.39 is 0 Å². The van der Waals surface area contributed by atoms with Crippen molar-refractivity contribution in [1.82, 2.24) is 9.64 Å². The maximum Gasteiger partial charge on any atom is 0.226 e. The fraction of sp³-hybridized carbons (Fsp3) is 0.211. The zero-order chi connectivity index (χ0) is 15.5. The van der Waals surface area contributed by atoms with Crippen molar-refractivity contribution in [2.75, 3.05) is 27.2 Å². The maximum absolute atomic E-state index is 12.8. The molecule has 3 heteroatoms. The molecule has 0 radical (unpaired) electrons. The van der Waals surface area contributed by atoms with Crippen LogP contribution in [0, 0.1) is 5.21 Å². The number of hydroxylamine groups is 1. The highest BCUT2D eigenvalue weighted by molar-refractivity contribution is 5.92. The van der Waals surface area contributed by atoms with E-state index in [4.69, 9.17) is 0 Å². The summed E-state index contributed by atoms with van der Waals surface area (Å²) in [6, 6.07) is 20.3. The molecule has 3 rings (SSSR count). The fourth-order valence-corrected chi connectivity index (χ4v) is 2.71. The molecule has 22 heavy (non-hydrogen) atoms. The number of likely N-dealkylation sites (N-methyl/N-ethyl adjacent to an activating group) is 1. The van der Waals surface area contributed by atoms with Gasteiger partial charge in [0, 0.05) is 0 Å². The van der Waals surface area contributed by atoms with Crippen molar-refractivity contribution in [3.63, 3.8) is 0 Å². The minimum absolute atomic E-state index is 0.449. The monoisotopic (exact) mass is 292 g/mol. The van der Waals surface area contributed by atoms with Crippen molar-refractivity contribution in [3.8, 4) is 0 Å². The van der Waals surface area contributed by atoms with Crippen LogP contribution in [0.25, 0.3) is 21.5 Å². The second-order valence-electron chi connectivity index (χ2n) is 5.76. The Hall–Kier alpha value is -2.39. The Morgan fingerprint density at radius 3 is 1.82 bits per heavy atom. The summed E-state index contributed by atoms with van der Waals surface area (Å²) in [4.78, 5) is 2.03. The third-order valence-electron chi connectivity index (χ3n) is 3.87. The van der Waals surface area contributed by atoms with Gasteiger partial charge in [-0.1, -0.05) is 48.5 Å². The van der Waals surface area contributed by atoms with Crippen LogP contribution in [0.15, 0.2) is 60.7 Å². The van der Waals surface area contributed by atoms with E-state index in [1.54, 1.807) is 0 Å². The lowest BCUT2D eigenvalue weighted by Gasteiger charge is -2.10. The normalized spacial score (nSPS) is 11.2. The molecule has 0 spiro atoms. The summed E-state index contributed by atoms with van der Waals surface area (Å²) in [5.74, 6) is 0. The van der Waals surface area contributed by atoms with Gasteiger partial charge in [-0.2, -0.15) is 0 Å². The Kier molecular flexibility index (Phi) is 4.07. The Morgan fingerprint density at radius 1 is 0.818 bits per heavy atom. The molecule has 0 aliphatic heterocycles. The van der Waals surface area contributed by atoms with Gasteiger partial charge in [-0.15, -0.1) is 0 Å². The largest absolute Gasteiger partial charge is 0.623 e. The maximum atomic E-state index is 12.8. The molecule has 0 heterocycles. The van der Waals surface area contributed by atoms with Gasteiger partial charge in [0.15, 0.2) is 6.54 Å². The Labute approximate surface area is 130 Å². The minimum atomic E-state index is 0.449. The summed E-state index contributed by atoms with van der Waals surface area (Å²) in [5.41, 5.74) is 0.